The van der Waals surface area contributed by atoms with E-state index in [9.17, 15) is 4.79 Å². The normalized spacial score (nSPS) is 10.8. The third-order valence-corrected chi connectivity index (χ3v) is 2.86. The number of nitrogens with one attached hydrogen (secondary N) is 1. The van der Waals surface area contributed by atoms with Crippen LogP contribution < -0.4 is 16.8 Å². The highest BCUT2D eigenvalue weighted by Crippen LogP contribution is 2.06. The zero-order valence-corrected chi connectivity index (χ0v) is 10.0. The fraction of sp³-hybridized carbons (Fsp3) is 0.0833. The van der Waals surface area contributed by atoms with Gasteiger partial charge in [-0.2, -0.15) is 5.10 Å². The SMILES string of the molecule is NNc1cc(Cn2ccn3nccc3c2=O)ccn1. The minimum Gasteiger partial charge on any atom is -0.308 e. The Labute approximate surface area is 108 Å². The smallest absolute Gasteiger partial charge is 0.276 e. The van der Waals surface area contributed by atoms with Gasteiger partial charge in [-0.3, -0.25) is 4.79 Å². The number of nitrogen functional groups attached to an aromatic ring is 1. The van der Waals surface area contributed by atoms with Gasteiger partial charge in [0, 0.05) is 18.6 Å². The number of anilines is 1. The second kappa shape index (κ2) is 4.54. The molecule has 0 aliphatic heterocycles. The molecule has 3 aromatic rings. The van der Waals surface area contributed by atoms with Gasteiger partial charge < -0.3 is 9.99 Å². The van der Waals surface area contributed by atoms with E-state index in [4.69, 9.17) is 5.84 Å². The minimum absolute atomic E-state index is 0.0842. The van der Waals surface area contributed by atoms with Gasteiger partial charge in [0.1, 0.15) is 11.3 Å². The summed E-state index contributed by atoms with van der Waals surface area (Å²) < 4.78 is 3.17. The van der Waals surface area contributed by atoms with E-state index in [0.29, 0.717) is 17.9 Å². The maximum atomic E-state index is 12.2. The summed E-state index contributed by atoms with van der Waals surface area (Å²) in [6, 6.07) is 5.33. The Morgan fingerprint density at radius 2 is 2.16 bits per heavy atom. The van der Waals surface area contributed by atoms with E-state index in [-0.39, 0.29) is 5.56 Å². The molecule has 96 valence electrons. The largest absolute Gasteiger partial charge is 0.308 e. The summed E-state index contributed by atoms with van der Waals surface area (Å²) in [6.07, 6.45) is 6.70. The number of nitrogens with two attached hydrogens (primary N) is 1. The fourth-order valence-electron chi connectivity index (χ4n) is 1.93. The zero-order valence-electron chi connectivity index (χ0n) is 10.0. The van der Waals surface area contributed by atoms with E-state index in [1.165, 1.54) is 0 Å². The number of pyridine rings is 1. The van der Waals surface area contributed by atoms with Gasteiger partial charge in [-0.1, -0.05) is 0 Å². The maximum Gasteiger partial charge on any atom is 0.276 e. The molecule has 0 unspecified atom stereocenters. The van der Waals surface area contributed by atoms with E-state index in [2.05, 4.69) is 15.5 Å². The van der Waals surface area contributed by atoms with Gasteiger partial charge in [0.2, 0.25) is 0 Å². The van der Waals surface area contributed by atoms with Crippen molar-refractivity contribution in [3.05, 3.63) is 58.9 Å². The van der Waals surface area contributed by atoms with E-state index in [1.54, 1.807) is 46.0 Å². The van der Waals surface area contributed by atoms with E-state index < -0.39 is 0 Å². The second-order valence-corrected chi connectivity index (χ2v) is 4.09. The van der Waals surface area contributed by atoms with Gasteiger partial charge in [-0.15, -0.1) is 0 Å². The number of aromatic nitrogens is 4. The first-order chi connectivity index (χ1) is 9.28. The van der Waals surface area contributed by atoms with Crippen molar-refractivity contribution in [3.8, 4) is 0 Å². The molecule has 0 saturated carbocycles. The number of fused-ring (bicyclic) bond motifs is 1. The van der Waals surface area contributed by atoms with Crippen LogP contribution in [-0.4, -0.2) is 19.2 Å². The zero-order chi connectivity index (χ0) is 13.2. The summed E-state index contributed by atoms with van der Waals surface area (Å²) in [7, 11) is 0. The number of rotatable bonds is 3. The van der Waals surface area contributed by atoms with Crippen molar-refractivity contribution in [1.82, 2.24) is 19.2 Å². The average molecular weight is 256 g/mol. The first-order valence-electron chi connectivity index (χ1n) is 5.72. The first kappa shape index (κ1) is 11.4. The lowest BCUT2D eigenvalue weighted by atomic mass is 10.2. The number of nitrogens with zero attached hydrogens (tertiary/aromatic N) is 4. The molecule has 0 bridgehead atoms. The van der Waals surface area contributed by atoms with Crippen molar-refractivity contribution in [2.24, 2.45) is 5.84 Å². The molecule has 0 fully saturated rings. The van der Waals surface area contributed by atoms with Crippen LogP contribution in [0.3, 0.4) is 0 Å². The van der Waals surface area contributed by atoms with Crippen molar-refractivity contribution in [1.29, 1.82) is 0 Å². The molecule has 0 atom stereocenters. The quantitative estimate of drug-likeness (QED) is 0.517. The molecule has 0 aromatic carbocycles. The lowest BCUT2D eigenvalue weighted by molar-refractivity contribution is 0.742. The van der Waals surface area contributed by atoms with Crippen LogP contribution in [0.1, 0.15) is 5.56 Å². The molecule has 7 nitrogen and oxygen atoms in total. The number of hydrogen-bond acceptors (Lipinski definition) is 5. The highest BCUT2D eigenvalue weighted by molar-refractivity contribution is 5.42. The van der Waals surface area contributed by atoms with Gasteiger partial charge in [-0.05, 0) is 23.8 Å². The molecule has 0 spiro atoms. The summed E-state index contributed by atoms with van der Waals surface area (Å²) in [5, 5.41) is 4.02. The van der Waals surface area contributed by atoms with E-state index >= 15 is 0 Å². The highest BCUT2D eigenvalue weighted by atomic mass is 16.1. The van der Waals surface area contributed by atoms with Crippen LogP contribution in [-0.2, 0) is 6.54 Å². The van der Waals surface area contributed by atoms with Crippen LogP contribution in [0.5, 0.6) is 0 Å². The van der Waals surface area contributed by atoms with Gasteiger partial charge in [0.05, 0.1) is 12.7 Å². The molecule has 3 rings (SSSR count). The lowest BCUT2D eigenvalue weighted by Gasteiger charge is -2.07. The predicted octanol–water partition coefficient (Wildman–Crippen LogP) is 0.225. The molecule has 3 heterocycles. The Kier molecular flexibility index (Phi) is 2.73. The van der Waals surface area contributed by atoms with E-state index in [1.807, 2.05) is 6.07 Å². The summed E-state index contributed by atoms with van der Waals surface area (Å²) in [6.45, 7) is 0.456. The molecular formula is C12H12N6O. The molecule has 0 saturated heterocycles. The van der Waals surface area contributed by atoms with Crippen molar-refractivity contribution < 1.29 is 0 Å². The van der Waals surface area contributed by atoms with Crippen LogP contribution in [0.2, 0.25) is 0 Å². The second-order valence-electron chi connectivity index (χ2n) is 4.09. The number of hydrazine groups is 1. The van der Waals surface area contributed by atoms with Gasteiger partial charge in [0.25, 0.3) is 5.56 Å². The fourth-order valence-corrected chi connectivity index (χ4v) is 1.93. The molecule has 0 aliphatic carbocycles. The van der Waals surface area contributed by atoms with Crippen LogP contribution >= 0.6 is 0 Å². The summed E-state index contributed by atoms with van der Waals surface area (Å²) in [5.74, 6) is 5.88. The van der Waals surface area contributed by atoms with Crippen LogP contribution in [0.15, 0.2) is 47.8 Å². The summed E-state index contributed by atoms with van der Waals surface area (Å²) in [4.78, 5) is 16.2. The molecule has 0 radical (unpaired) electrons. The van der Waals surface area contributed by atoms with Gasteiger partial charge >= 0.3 is 0 Å². The summed E-state index contributed by atoms with van der Waals surface area (Å²) >= 11 is 0. The molecule has 0 aliphatic rings. The summed E-state index contributed by atoms with van der Waals surface area (Å²) in [5.41, 5.74) is 3.88. The third kappa shape index (κ3) is 2.06. The van der Waals surface area contributed by atoms with Crippen LogP contribution in [0.4, 0.5) is 5.82 Å². The maximum absolute atomic E-state index is 12.2. The molecule has 3 N–H and O–H groups in total. The van der Waals surface area contributed by atoms with Crippen LogP contribution in [0, 0.1) is 0 Å². The molecule has 19 heavy (non-hydrogen) atoms. The van der Waals surface area contributed by atoms with Crippen molar-refractivity contribution in [2.75, 3.05) is 5.43 Å². The Hall–Kier alpha value is -2.67. The highest BCUT2D eigenvalue weighted by Gasteiger charge is 2.04. The Balaban J connectivity index is 2.00. The third-order valence-electron chi connectivity index (χ3n) is 2.86. The first-order valence-corrected chi connectivity index (χ1v) is 5.72. The monoisotopic (exact) mass is 256 g/mol. The van der Waals surface area contributed by atoms with E-state index in [0.717, 1.165) is 5.56 Å². The molecule has 0 amide bonds. The van der Waals surface area contributed by atoms with Crippen LogP contribution in [0.25, 0.3) is 5.52 Å². The van der Waals surface area contributed by atoms with Crippen molar-refractivity contribution >= 4 is 11.3 Å². The van der Waals surface area contributed by atoms with Crippen molar-refractivity contribution in [3.63, 3.8) is 0 Å². The topological polar surface area (TPSA) is 90.2 Å². The number of hydrogen-bond donors (Lipinski definition) is 2. The molecule has 7 heteroatoms. The van der Waals surface area contributed by atoms with Gasteiger partial charge in [-0.25, -0.2) is 15.3 Å². The van der Waals surface area contributed by atoms with Gasteiger partial charge in [0.15, 0.2) is 0 Å². The Morgan fingerprint density at radius 1 is 1.26 bits per heavy atom. The Morgan fingerprint density at radius 3 is 3.00 bits per heavy atom. The molecular weight excluding hydrogens is 244 g/mol. The molecule has 3 aromatic heterocycles. The lowest BCUT2D eigenvalue weighted by Crippen LogP contribution is -2.22. The standard InChI is InChI=1S/C12H12N6O/c13-16-11-7-9(1-3-14-11)8-17-5-6-18-10(12(17)19)2-4-15-18/h1-7H,8,13H2,(H,14,16). The predicted molar refractivity (Wildman–Crippen MR) is 70.6 cm³/mol. The average Bonchev–Trinajstić information content (AvgIpc) is 2.91. The minimum atomic E-state index is -0.0842. The van der Waals surface area contributed by atoms with Crippen molar-refractivity contribution in [2.45, 2.75) is 6.54 Å². The Bertz CT molecular complexity index is 775.